The van der Waals surface area contributed by atoms with Crippen molar-refractivity contribution in [3.05, 3.63) is 74.5 Å². The molecule has 2 aliphatic carbocycles. The fourth-order valence-electron chi connectivity index (χ4n) is 7.62. The predicted octanol–water partition coefficient (Wildman–Crippen LogP) is 4.30. The lowest BCUT2D eigenvalue weighted by Gasteiger charge is -2.43. The third kappa shape index (κ3) is 3.92. The molecule has 1 saturated heterocycles. The molecule has 3 fully saturated rings. The van der Waals surface area contributed by atoms with Crippen LogP contribution >= 0.6 is 23.1 Å². The van der Waals surface area contributed by atoms with Crippen LogP contribution in [0.1, 0.15) is 29.7 Å². The van der Waals surface area contributed by atoms with E-state index in [2.05, 4.69) is 0 Å². The number of thioether (sulfide) groups is 1. The molecule has 2 aliphatic heterocycles. The number of hydrogen-bond donors (Lipinski definition) is 0. The zero-order chi connectivity index (χ0) is 28.6. The van der Waals surface area contributed by atoms with Gasteiger partial charge in [-0.25, -0.2) is 4.39 Å². The predicted molar refractivity (Wildman–Crippen MR) is 151 cm³/mol. The number of carbonyl (C=O) groups is 3. The van der Waals surface area contributed by atoms with Crippen molar-refractivity contribution in [1.29, 1.82) is 0 Å². The van der Waals surface area contributed by atoms with Crippen molar-refractivity contribution >= 4 is 46.6 Å². The summed E-state index contributed by atoms with van der Waals surface area (Å²) >= 11 is 2.71. The summed E-state index contributed by atoms with van der Waals surface area (Å²) in [5.41, 5.74) is 1.39. The summed E-state index contributed by atoms with van der Waals surface area (Å²) in [5, 5.41) is 0.722. The number of fused-ring (bicyclic) bond motifs is 9. The Morgan fingerprint density at radius 1 is 1.00 bits per heavy atom. The van der Waals surface area contributed by atoms with Crippen LogP contribution < -0.4 is 14.5 Å². The molecule has 41 heavy (non-hydrogen) atoms. The summed E-state index contributed by atoms with van der Waals surface area (Å²) < 4.78 is 25.6. The molecule has 8 nitrogen and oxygen atoms in total. The summed E-state index contributed by atoms with van der Waals surface area (Å²) in [5.74, 6) is -1.86. The first-order valence-electron chi connectivity index (χ1n) is 13.7. The number of aromatic nitrogens is 1. The number of halogens is 1. The Labute approximate surface area is 243 Å². The van der Waals surface area contributed by atoms with Gasteiger partial charge in [0.15, 0.2) is 0 Å². The molecule has 3 heterocycles. The minimum atomic E-state index is -0.474. The van der Waals surface area contributed by atoms with Gasteiger partial charge in [-0.2, -0.15) is 0 Å². The lowest BCUT2D eigenvalue weighted by molar-refractivity contribution is -0.144. The highest BCUT2D eigenvalue weighted by Crippen LogP contribution is 2.69. The van der Waals surface area contributed by atoms with Crippen LogP contribution in [0.25, 0.3) is 0 Å². The molecule has 4 aliphatic rings. The highest BCUT2D eigenvalue weighted by Gasteiger charge is 2.69. The number of rotatable bonds is 6. The molecule has 7 unspecified atom stereocenters. The SMILES string of the molecule is CCOC(=O)Cn1c2c(sc1=O)C(c1ccc(OC)cc1)C1C3CC(C1S2)C1C(=O)N(c2ccc(F)cc2)C(=O)C31. The largest absolute Gasteiger partial charge is 0.497 e. The van der Waals surface area contributed by atoms with E-state index in [4.69, 9.17) is 9.47 Å². The number of imide groups is 1. The maximum absolute atomic E-state index is 13.8. The maximum atomic E-state index is 13.8. The van der Waals surface area contributed by atoms with E-state index in [9.17, 15) is 23.6 Å². The molecular formula is C30H27FN2O6S2. The third-order valence-corrected chi connectivity index (χ3v) is 11.9. The average Bonchev–Trinajstić information content (AvgIpc) is 3.68. The Kier molecular flexibility index (Phi) is 6.35. The summed E-state index contributed by atoms with van der Waals surface area (Å²) in [6.45, 7) is 1.78. The van der Waals surface area contributed by atoms with E-state index in [-0.39, 0.29) is 58.8 Å². The minimum Gasteiger partial charge on any atom is -0.497 e. The maximum Gasteiger partial charge on any atom is 0.326 e. The van der Waals surface area contributed by atoms with Crippen molar-refractivity contribution in [3.8, 4) is 5.75 Å². The molecular weight excluding hydrogens is 567 g/mol. The number of carbonyl (C=O) groups excluding carboxylic acids is 3. The zero-order valence-corrected chi connectivity index (χ0v) is 24.0. The lowest BCUT2D eigenvalue weighted by atomic mass is 9.68. The summed E-state index contributed by atoms with van der Waals surface area (Å²) in [4.78, 5) is 55.2. The number of thiazole rings is 1. The second-order valence-electron chi connectivity index (χ2n) is 10.9. The first-order chi connectivity index (χ1) is 19.8. The second kappa shape index (κ2) is 9.84. The monoisotopic (exact) mass is 594 g/mol. The smallest absolute Gasteiger partial charge is 0.326 e. The fourth-order valence-corrected chi connectivity index (χ4v) is 10.8. The van der Waals surface area contributed by atoms with Crippen molar-refractivity contribution in [1.82, 2.24) is 4.57 Å². The van der Waals surface area contributed by atoms with Gasteiger partial charge >= 0.3 is 10.8 Å². The highest BCUT2D eigenvalue weighted by atomic mass is 32.2. The second-order valence-corrected chi connectivity index (χ2v) is 13.1. The first kappa shape index (κ1) is 26.5. The van der Waals surface area contributed by atoms with Crippen LogP contribution in [0.4, 0.5) is 10.1 Å². The molecule has 2 amide bonds. The van der Waals surface area contributed by atoms with Gasteiger partial charge in [0.2, 0.25) is 11.8 Å². The highest BCUT2D eigenvalue weighted by molar-refractivity contribution is 8.00. The van der Waals surface area contributed by atoms with Crippen LogP contribution in [-0.4, -0.2) is 41.3 Å². The van der Waals surface area contributed by atoms with E-state index in [0.717, 1.165) is 33.2 Å². The fraction of sp³-hybridized carbons (Fsp3) is 0.400. The Morgan fingerprint density at radius 3 is 2.34 bits per heavy atom. The number of amides is 2. The molecule has 212 valence electrons. The van der Waals surface area contributed by atoms with E-state index in [1.807, 2.05) is 24.3 Å². The van der Waals surface area contributed by atoms with Crippen molar-refractivity contribution in [2.75, 3.05) is 18.6 Å². The number of anilines is 1. The first-order valence-corrected chi connectivity index (χ1v) is 15.3. The quantitative estimate of drug-likeness (QED) is 0.310. The van der Waals surface area contributed by atoms with Gasteiger partial charge in [-0.15, -0.1) is 11.8 Å². The van der Waals surface area contributed by atoms with Gasteiger partial charge < -0.3 is 9.47 Å². The van der Waals surface area contributed by atoms with E-state index < -0.39 is 23.6 Å². The standard InChI is InChI=1S/C30H27FN2O6S2/c1-3-39-20(34)13-32-29-26(41-30(32)37)21(14-4-10-17(38-2)11-5-14)22-18-12-19(25(22)40-29)24-23(18)27(35)33(28(24)36)16-8-6-15(31)7-9-16/h4-11,18-19,21-25H,3,12-13H2,1-2H3. The van der Waals surface area contributed by atoms with Crippen LogP contribution in [-0.2, 0) is 25.7 Å². The zero-order valence-electron chi connectivity index (χ0n) is 22.3. The number of hydrogen-bond acceptors (Lipinski definition) is 8. The number of nitrogens with zero attached hydrogens (tertiary/aromatic N) is 2. The van der Waals surface area contributed by atoms with Gasteiger partial charge in [0.25, 0.3) is 0 Å². The summed E-state index contributed by atoms with van der Waals surface area (Å²) in [6.07, 6.45) is 0.746. The van der Waals surface area contributed by atoms with Crippen LogP contribution in [0.3, 0.4) is 0 Å². The van der Waals surface area contributed by atoms with Gasteiger partial charge in [0, 0.05) is 16.0 Å². The number of benzene rings is 2. The van der Waals surface area contributed by atoms with Gasteiger partial charge in [-0.1, -0.05) is 23.5 Å². The van der Waals surface area contributed by atoms with E-state index in [0.29, 0.717) is 11.4 Å². The Bertz CT molecular complexity index is 1620. The molecule has 7 atom stereocenters. The molecule has 2 bridgehead atoms. The Balaban J connectivity index is 1.32. The average molecular weight is 595 g/mol. The molecule has 3 aromatic rings. The number of esters is 1. The van der Waals surface area contributed by atoms with Crippen LogP contribution in [0.15, 0.2) is 58.4 Å². The van der Waals surface area contributed by atoms with E-state index in [1.165, 1.54) is 33.7 Å². The molecule has 11 heteroatoms. The van der Waals surface area contributed by atoms with Gasteiger partial charge in [0.05, 0.1) is 36.3 Å². The molecule has 1 aromatic heterocycles. The minimum absolute atomic E-state index is 0.0196. The topological polar surface area (TPSA) is 94.9 Å². The van der Waals surface area contributed by atoms with E-state index >= 15 is 0 Å². The summed E-state index contributed by atoms with van der Waals surface area (Å²) in [6, 6.07) is 13.2. The van der Waals surface area contributed by atoms with E-state index in [1.54, 1.807) is 25.8 Å². The van der Waals surface area contributed by atoms with Crippen molar-refractivity contribution in [2.45, 2.75) is 36.1 Å². The molecule has 7 rings (SSSR count). The molecule has 0 N–H and O–H groups in total. The van der Waals surface area contributed by atoms with Crippen molar-refractivity contribution in [2.24, 2.45) is 29.6 Å². The van der Waals surface area contributed by atoms with Crippen LogP contribution in [0.2, 0.25) is 0 Å². The summed E-state index contributed by atoms with van der Waals surface area (Å²) in [7, 11) is 1.60. The van der Waals surface area contributed by atoms with Crippen LogP contribution in [0.5, 0.6) is 5.75 Å². The number of methoxy groups -OCH3 is 1. The van der Waals surface area contributed by atoms with Crippen molar-refractivity contribution < 1.29 is 28.2 Å². The number of ether oxygens (including phenoxy) is 2. The van der Waals surface area contributed by atoms with Gasteiger partial charge in [-0.3, -0.25) is 28.6 Å². The normalized spacial score (nSPS) is 29.3. The Hall–Kier alpha value is -3.44. The van der Waals surface area contributed by atoms with Gasteiger partial charge in [0.1, 0.15) is 18.1 Å². The third-order valence-electron chi connectivity index (χ3n) is 9.10. The molecule has 2 saturated carbocycles. The van der Waals surface area contributed by atoms with Crippen molar-refractivity contribution in [3.63, 3.8) is 0 Å². The molecule has 2 aromatic carbocycles. The molecule has 0 radical (unpaired) electrons. The lowest BCUT2D eigenvalue weighted by Crippen LogP contribution is -2.43. The van der Waals surface area contributed by atoms with Gasteiger partial charge in [-0.05, 0) is 73.1 Å². The molecule has 0 spiro atoms. The Morgan fingerprint density at radius 2 is 1.68 bits per heavy atom. The van der Waals surface area contributed by atoms with Crippen LogP contribution in [0, 0.1) is 35.4 Å².